The molecule has 0 aliphatic heterocycles. The van der Waals surface area contributed by atoms with E-state index >= 15 is 0 Å². The summed E-state index contributed by atoms with van der Waals surface area (Å²) in [6.45, 7) is 2.48. The molecule has 1 aliphatic rings. The molecule has 6 heteroatoms. The number of carboxylic acids is 1. The fourth-order valence-electron chi connectivity index (χ4n) is 2.76. The molecule has 0 unspecified atom stereocenters. The molecule has 0 radical (unpaired) electrons. The maximum absolute atomic E-state index is 11.8. The Labute approximate surface area is 130 Å². The van der Waals surface area contributed by atoms with Crippen LogP contribution in [0.4, 0.5) is 4.79 Å². The quantitative estimate of drug-likeness (QED) is 0.774. The van der Waals surface area contributed by atoms with Crippen LogP contribution in [0, 0.1) is 12.8 Å². The summed E-state index contributed by atoms with van der Waals surface area (Å²) in [4.78, 5) is 27.1. The Bertz CT molecular complexity index is 525. The number of amides is 2. The third kappa shape index (κ3) is 5.02. The monoisotopic (exact) mass is 305 g/mol. The minimum atomic E-state index is -0.728. The van der Waals surface area contributed by atoms with Gasteiger partial charge in [-0.15, -0.1) is 0 Å². The van der Waals surface area contributed by atoms with E-state index in [1.165, 1.54) is 0 Å². The van der Waals surface area contributed by atoms with Crippen LogP contribution in [-0.4, -0.2) is 34.7 Å². The molecule has 1 aromatic rings. The highest BCUT2D eigenvalue weighted by Gasteiger charge is 2.26. The third-order valence-corrected chi connectivity index (χ3v) is 4.02. The number of aromatic nitrogens is 1. The second-order valence-corrected chi connectivity index (χ2v) is 5.81. The average molecular weight is 305 g/mol. The fraction of sp³-hybridized carbons (Fsp3) is 0.562. The van der Waals surface area contributed by atoms with Gasteiger partial charge in [-0.1, -0.05) is 6.07 Å². The molecule has 0 spiro atoms. The van der Waals surface area contributed by atoms with Crippen LogP contribution in [0.2, 0.25) is 0 Å². The number of urea groups is 1. The van der Waals surface area contributed by atoms with Gasteiger partial charge in [0.2, 0.25) is 0 Å². The molecule has 0 aromatic carbocycles. The fourth-order valence-corrected chi connectivity index (χ4v) is 2.76. The first kappa shape index (κ1) is 16.3. The number of carboxylic acid groups (broad SMARTS) is 1. The molecule has 2 rings (SSSR count). The summed E-state index contributed by atoms with van der Waals surface area (Å²) >= 11 is 0. The lowest BCUT2D eigenvalue weighted by atomic mass is 9.86. The molecule has 1 heterocycles. The number of rotatable bonds is 5. The van der Waals surface area contributed by atoms with Crippen LogP contribution in [0.3, 0.4) is 0 Å². The third-order valence-electron chi connectivity index (χ3n) is 4.02. The van der Waals surface area contributed by atoms with Gasteiger partial charge in [-0.05, 0) is 44.7 Å². The summed E-state index contributed by atoms with van der Waals surface area (Å²) in [7, 11) is 0. The Morgan fingerprint density at radius 1 is 1.27 bits per heavy atom. The van der Waals surface area contributed by atoms with E-state index in [1.54, 1.807) is 0 Å². The van der Waals surface area contributed by atoms with Gasteiger partial charge in [0.05, 0.1) is 5.92 Å². The maximum Gasteiger partial charge on any atom is 0.315 e. The van der Waals surface area contributed by atoms with Crippen LogP contribution in [-0.2, 0) is 11.2 Å². The standard InChI is InChI=1S/C16H23N3O3/c1-11-3-2-4-13(18-11)9-10-17-16(22)19-14-7-5-12(6-8-14)15(20)21/h2-4,12,14H,5-10H2,1H3,(H,20,21)(H2,17,19,22). The predicted octanol–water partition coefficient (Wildman–Crippen LogP) is 1.88. The summed E-state index contributed by atoms with van der Waals surface area (Å²) in [6, 6.07) is 5.73. The Balaban J connectivity index is 1.65. The van der Waals surface area contributed by atoms with Crippen molar-refractivity contribution in [3.8, 4) is 0 Å². The number of aryl methyl sites for hydroxylation is 1. The molecular weight excluding hydrogens is 282 g/mol. The van der Waals surface area contributed by atoms with Crippen molar-refractivity contribution >= 4 is 12.0 Å². The number of nitrogens with zero attached hydrogens (tertiary/aromatic N) is 1. The molecule has 6 nitrogen and oxygen atoms in total. The molecule has 0 bridgehead atoms. The first-order chi connectivity index (χ1) is 10.5. The molecule has 22 heavy (non-hydrogen) atoms. The van der Waals surface area contributed by atoms with Gasteiger partial charge in [0.1, 0.15) is 0 Å². The van der Waals surface area contributed by atoms with Crippen LogP contribution in [0.5, 0.6) is 0 Å². The topological polar surface area (TPSA) is 91.3 Å². The first-order valence-electron chi connectivity index (χ1n) is 7.74. The smallest absolute Gasteiger partial charge is 0.315 e. The normalized spacial score (nSPS) is 21.1. The van der Waals surface area contributed by atoms with Gasteiger partial charge in [0.15, 0.2) is 0 Å². The van der Waals surface area contributed by atoms with Crippen molar-refractivity contribution < 1.29 is 14.7 Å². The molecule has 1 aromatic heterocycles. The highest BCUT2D eigenvalue weighted by atomic mass is 16.4. The van der Waals surface area contributed by atoms with Gasteiger partial charge in [-0.25, -0.2) is 4.79 Å². The molecule has 1 aliphatic carbocycles. The first-order valence-corrected chi connectivity index (χ1v) is 7.74. The van der Waals surface area contributed by atoms with E-state index < -0.39 is 5.97 Å². The van der Waals surface area contributed by atoms with Crippen LogP contribution in [0.1, 0.15) is 37.1 Å². The molecule has 1 saturated carbocycles. The van der Waals surface area contributed by atoms with Crippen molar-refractivity contribution in [3.05, 3.63) is 29.6 Å². The maximum atomic E-state index is 11.8. The second-order valence-electron chi connectivity index (χ2n) is 5.81. The number of carbonyl (C=O) groups is 2. The van der Waals surface area contributed by atoms with E-state index in [2.05, 4.69) is 15.6 Å². The summed E-state index contributed by atoms with van der Waals surface area (Å²) in [5.74, 6) is -0.984. The Hall–Kier alpha value is -2.11. The lowest BCUT2D eigenvalue weighted by molar-refractivity contribution is -0.142. The highest BCUT2D eigenvalue weighted by molar-refractivity contribution is 5.74. The molecule has 0 saturated heterocycles. The number of hydrogen-bond donors (Lipinski definition) is 3. The number of pyridine rings is 1. The van der Waals surface area contributed by atoms with Crippen molar-refractivity contribution in [2.24, 2.45) is 5.92 Å². The number of aliphatic carboxylic acids is 1. The summed E-state index contributed by atoms with van der Waals surface area (Å²) in [6.07, 6.45) is 3.41. The highest BCUT2D eigenvalue weighted by Crippen LogP contribution is 2.24. The molecule has 0 atom stereocenters. The van der Waals surface area contributed by atoms with E-state index in [-0.39, 0.29) is 18.0 Å². The van der Waals surface area contributed by atoms with Gasteiger partial charge >= 0.3 is 12.0 Å². The largest absolute Gasteiger partial charge is 0.481 e. The second kappa shape index (κ2) is 7.77. The minimum Gasteiger partial charge on any atom is -0.481 e. The Kier molecular flexibility index (Phi) is 5.75. The van der Waals surface area contributed by atoms with Gasteiger partial charge in [0, 0.05) is 30.4 Å². The van der Waals surface area contributed by atoms with Crippen molar-refractivity contribution in [1.29, 1.82) is 0 Å². The summed E-state index contributed by atoms with van der Waals surface area (Å²) in [5, 5.41) is 14.7. The van der Waals surface area contributed by atoms with E-state index in [1.807, 2.05) is 25.1 Å². The van der Waals surface area contributed by atoms with Gasteiger partial charge in [-0.3, -0.25) is 9.78 Å². The van der Waals surface area contributed by atoms with E-state index in [0.717, 1.165) is 24.2 Å². The zero-order chi connectivity index (χ0) is 15.9. The Morgan fingerprint density at radius 2 is 2.00 bits per heavy atom. The molecule has 1 fully saturated rings. The van der Waals surface area contributed by atoms with Crippen molar-refractivity contribution in [2.75, 3.05) is 6.54 Å². The van der Waals surface area contributed by atoms with E-state index in [0.29, 0.717) is 25.8 Å². The molecule has 120 valence electrons. The molecule has 3 N–H and O–H groups in total. The average Bonchev–Trinajstić information content (AvgIpc) is 2.48. The van der Waals surface area contributed by atoms with Gasteiger partial charge in [-0.2, -0.15) is 0 Å². The lowest BCUT2D eigenvalue weighted by Gasteiger charge is -2.26. The van der Waals surface area contributed by atoms with Gasteiger partial charge in [0.25, 0.3) is 0 Å². The van der Waals surface area contributed by atoms with Gasteiger partial charge < -0.3 is 15.7 Å². The molecule has 2 amide bonds. The number of carbonyl (C=O) groups excluding carboxylic acids is 1. The summed E-state index contributed by atoms with van der Waals surface area (Å²) < 4.78 is 0. The van der Waals surface area contributed by atoms with Crippen molar-refractivity contribution in [3.63, 3.8) is 0 Å². The number of nitrogens with one attached hydrogen (secondary N) is 2. The van der Waals surface area contributed by atoms with Crippen LogP contribution in [0.15, 0.2) is 18.2 Å². The van der Waals surface area contributed by atoms with E-state index in [9.17, 15) is 9.59 Å². The summed E-state index contributed by atoms with van der Waals surface area (Å²) in [5.41, 5.74) is 1.93. The molecular formula is C16H23N3O3. The van der Waals surface area contributed by atoms with Crippen molar-refractivity contribution in [2.45, 2.75) is 45.1 Å². The minimum absolute atomic E-state index is 0.0766. The predicted molar refractivity (Wildman–Crippen MR) is 82.6 cm³/mol. The van der Waals surface area contributed by atoms with E-state index in [4.69, 9.17) is 5.11 Å². The van der Waals surface area contributed by atoms with Crippen LogP contribution < -0.4 is 10.6 Å². The zero-order valence-electron chi connectivity index (χ0n) is 12.8. The number of hydrogen-bond acceptors (Lipinski definition) is 3. The Morgan fingerprint density at radius 3 is 2.64 bits per heavy atom. The van der Waals surface area contributed by atoms with Crippen LogP contribution in [0.25, 0.3) is 0 Å². The zero-order valence-corrected chi connectivity index (χ0v) is 12.8. The van der Waals surface area contributed by atoms with Crippen LogP contribution >= 0.6 is 0 Å². The van der Waals surface area contributed by atoms with Crippen molar-refractivity contribution in [1.82, 2.24) is 15.6 Å². The lowest BCUT2D eigenvalue weighted by Crippen LogP contribution is -2.44. The SMILES string of the molecule is Cc1cccc(CCNC(=O)NC2CCC(C(=O)O)CC2)n1.